The maximum absolute atomic E-state index is 11.5. The van der Waals surface area contributed by atoms with Gasteiger partial charge in [-0.15, -0.1) is 0 Å². The highest BCUT2D eigenvalue weighted by Gasteiger charge is 2.05. The highest BCUT2D eigenvalue weighted by atomic mass is 79.9. The van der Waals surface area contributed by atoms with Gasteiger partial charge in [-0.3, -0.25) is 4.79 Å². The smallest absolute Gasteiger partial charge is 0.224 e. The normalized spacial score (nSPS) is 10.0. The Kier molecular flexibility index (Phi) is 5.15. The Morgan fingerprint density at radius 3 is 2.65 bits per heavy atom. The summed E-state index contributed by atoms with van der Waals surface area (Å²) in [6.45, 7) is 1.95. The third-order valence-electron chi connectivity index (χ3n) is 2.18. The maximum Gasteiger partial charge on any atom is 0.224 e. The zero-order valence-corrected chi connectivity index (χ0v) is 11.0. The molecule has 0 radical (unpaired) electrons. The number of aliphatic carboxylic acids is 1. The lowest BCUT2D eigenvalue weighted by atomic mass is 10.2. The van der Waals surface area contributed by atoms with Gasteiger partial charge in [-0.1, -0.05) is 6.07 Å². The molecular formula is C12H13BrNO3-. The van der Waals surface area contributed by atoms with Crippen LogP contribution in [-0.4, -0.2) is 11.9 Å². The Balaban J connectivity index is 2.48. The van der Waals surface area contributed by atoms with Crippen molar-refractivity contribution in [3.63, 3.8) is 0 Å². The van der Waals surface area contributed by atoms with Crippen molar-refractivity contribution in [1.82, 2.24) is 0 Å². The standard InChI is InChI=1S/C12H14BrNO3/c1-8-5-6-10(9(13)7-8)14-11(15)3-2-4-12(16)17/h5-7H,2-4H2,1H3,(H,14,15)(H,16,17)/p-1. The average molecular weight is 299 g/mol. The number of nitrogens with one attached hydrogen (secondary N) is 1. The van der Waals surface area contributed by atoms with Crippen LogP contribution in [0.5, 0.6) is 0 Å². The number of carboxylic acids is 1. The van der Waals surface area contributed by atoms with Gasteiger partial charge in [0.2, 0.25) is 5.91 Å². The number of anilines is 1. The molecule has 0 unspecified atom stereocenters. The lowest BCUT2D eigenvalue weighted by Gasteiger charge is -2.08. The molecule has 1 rings (SSSR count). The number of carboxylic acid groups (broad SMARTS) is 1. The van der Waals surface area contributed by atoms with E-state index in [1.807, 2.05) is 19.1 Å². The molecule has 0 saturated heterocycles. The van der Waals surface area contributed by atoms with Crippen LogP contribution in [0.4, 0.5) is 5.69 Å². The SMILES string of the molecule is Cc1ccc(NC(=O)CCCC(=O)[O-])c(Br)c1. The molecular weight excluding hydrogens is 286 g/mol. The van der Waals surface area contributed by atoms with Gasteiger partial charge in [0.1, 0.15) is 0 Å². The van der Waals surface area contributed by atoms with Crippen molar-refractivity contribution in [2.24, 2.45) is 0 Å². The topological polar surface area (TPSA) is 69.2 Å². The molecule has 0 saturated carbocycles. The number of rotatable bonds is 5. The van der Waals surface area contributed by atoms with Gasteiger partial charge in [-0.2, -0.15) is 0 Å². The number of carbonyl (C=O) groups is 2. The zero-order chi connectivity index (χ0) is 12.8. The van der Waals surface area contributed by atoms with Gasteiger partial charge in [-0.05, 0) is 53.4 Å². The van der Waals surface area contributed by atoms with E-state index in [1.165, 1.54) is 0 Å². The third kappa shape index (κ3) is 4.99. The van der Waals surface area contributed by atoms with Crippen LogP contribution in [0.2, 0.25) is 0 Å². The Bertz CT molecular complexity index is 432. The monoisotopic (exact) mass is 298 g/mol. The number of hydrogen-bond donors (Lipinski definition) is 1. The second-order valence-electron chi connectivity index (χ2n) is 3.76. The highest BCUT2D eigenvalue weighted by molar-refractivity contribution is 9.10. The molecule has 92 valence electrons. The first-order chi connectivity index (χ1) is 7.99. The molecule has 0 aromatic heterocycles. The Labute approximate surface area is 108 Å². The van der Waals surface area contributed by atoms with E-state index < -0.39 is 5.97 Å². The third-order valence-corrected chi connectivity index (χ3v) is 2.84. The van der Waals surface area contributed by atoms with Crippen molar-refractivity contribution in [2.45, 2.75) is 26.2 Å². The minimum absolute atomic E-state index is 0.0948. The maximum atomic E-state index is 11.5. The molecule has 0 atom stereocenters. The van der Waals surface area contributed by atoms with Crippen molar-refractivity contribution in [1.29, 1.82) is 0 Å². The van der Waals surface area contributed by atoms with Gasteiger partial charge in [-0.25, -0.2) is 0 Å². The molecule has 1 aromatic rings. The quantitative estimate of drug-likeness (QED) is 0.898. The first-order valence-electron chi connectivity index (χ1n) is 5.25. The molecule has 0 heterocycles. The summed E-state index contributed by atoms with van der Waals surface area (Å²) in [5, 5.41) is 12.9. The van der Waals surface area contributed by atoms with E-state index in [-0.39, 0.29) is 25.2 Å². The van der Waals surface area contributed by atoms with E-state index in [4.69, 9.17) is 0 Å². The molecule has 0 aliphatic carbocycles. The van der Waals surface area contributed by atoms with E-state index >= 15 is 0 Å². The molecule has 0 aliphatic rings. The van der Waals surface area contributed by atoms with E-state index in [0.29, 0.717) is 5.69 Å². The summed E-state index contributed by atoms with van der Waals surface area (Å²) in [5.74, 6) is -1.33. The average Bonchev–Trinajstić information content (AvgIpc) is 2.21. The lowest BCUT2D eigenvalue weighted by molar-refractivity contribution is -0.305. The van der Waals surface area contributed by atoms with Crippen molar-refractivity contribution in [2.75, 3.05) is 5.32 Å². The molecule has 17 heavy (non-hydrogen) atoms. The largest absolute Gasteiger partial charge is 0.550 e. The summed E-state index contributed by atoms with van der Waals surface area (Å²) in [6.07, 6.45) is 0.369. The van der Waals surface area contributed by atoms with Gasteiger partial charge in [0.25, 0.3) is 0 Å². The van der Waals surface area contributed by atoms with E-state index in [0.717, 1.165) is 10.0 Å². The number of hydrogen-bond acceptors (Lipinski definition) is 3. The van der Waals surface area contributed by atoms with Gasteiger partial charge >= 0.3 is 0 Å². The van der Waals surface area contributed by atoms with Gasteiger partial charge < -0.3 is 15.2 Å². The molecule has 0 spiro atoms. The number of aryl methyl sites for hydroxylation is 1. The summed E-state index contributed by atoms with van der Waals surface area (Å²) in [5.41, 5.74) is 1.78. The highest BCUT2D eigenvalue weighted by Crippen LogP contribution is 2.23. The van der Waals surface area contributed by atoms with Crippen LogP contribution in [0.15, 0.2) is 22.7 Å². The van der Waals surface area contributed by atoms with Crippen LogP contribution in [0.25, 0.3) is 0 Å². The van der Waals surface area contributed by atoms with Crippen molar-refractivity contribution in [3.05, 3.63) is 28.2 Å². The van der Waals surface area contributed by atoms with Crippen LogP contribution in [0.1, 0.15) is 24.8 Å². The van der Waals surface area contributed by atoms with Crippen LogP contribution in [0, 0.1) is 6.92 Å². The van der Waals surface area contributed by atoms with Gasteiger partial charge in [0, 0.05) is 16.9 Å². The van der Waals surface area contributed by atoms with Gasteiger partial charge in [0.05, 0.1) is 5.69 Å². The Morgan fingerprint density at radius 2 is 2.06 bits per heavy atom. The Morgan fingerprint density at radius 1 is 1.35 bits per heavy atom. The molecule has 0 fully saturated rings. The second-order valence-corrected chi connectivity index (χ2v) is 4.61. The number of amides is 1. The van der Waals surface area contributed by atoms with Crippen LogP contribution >= 0.6 is 15.9 Å². The molecule has 1 aromatic carbocycles. The van der Waals surface area contributed by atoms with Crippen molar-refractivity contribution in [3.8, 4) is 0 Å². The lowest BCUT2D eigenvalue weighted by Crippen LogP contribution is -2.22. The first kappa shape index (κ1) is 13.7. The molecule has 4 nitrogen and oxygen atoms in total. The number of benzene rings is 1. The summed E-state index contributed by atoms with van der Waals surface area (Å²) in [7, 11) is 0. The van der Waals surface area contributed by atoms with E-state index in [2.05, 4.69) is 21.2 Å². The predicted octanol–water partition coefficient (Wildman–Crippen LogP) is 1.62. The fraction of sp³-hybridized carbons (Fsp3) is 0.333. The second kappa shape index (κ2) is 6.39. The summed E-state index contributed by atoms with van der Waals surface area (Å²) >= 11 is 3.35. The summed E-state index contributed by atoms with van der Waals surface area (Å²) in [6, 6.07) is 5.59. The van der Waals surface area contributed by atoms with Crippen molar-refractivity contribution < 1.29 is 14.7 Å². The Hall–Kier alpha value is -1.36. The molecule has 0 bridgehead atoms. The number of carbonyl (C=O) groups excluding carboxylic acids is 2. The molecule has 1 N–H and O–H groups in total. The minimum Gasteiger partial charge on any atom is -0.550 e. The van der Waals surface area contributed by atoms with Crippen LogP contribution in [-0.2, 0) is 9.59 Å². The van der Waals surface area contributed by atoms with E-state index in [9.17, 15) is 14.7 Å². The zero-order valence-electron chi connectivity index (χ0n) is 9.46. The summed E-state index contributed by atoms with van der Waals surface area (Å²) < 4.78 is 0.811. The van der Waals surface area contributed by atoms with Crippen molar-refractivity contribution >= 4 is 33.5 Å². The van der Waals surface area contributed by atoms with Gasteiger partial charge in [0.15, 0.2) is 0 Å². The molecule has 5 heteroatoms. The first-order valence-corrected chi connectivity index (χ1v) is 6.04. The van der Waals surface area contributed by atoms with Crippen LogP contribution in [0.3, 0.4) is 0 Å². The predicted molar refractivity (Wildman–Crippen MR) is 66.4 cm³/mol. The van der Waals surface area contributed by atoms with Crippen LogP contribution < -0.4 is 10.4 Å². The fourth-order valence-electron chi connectivity index (χ4n) is 1.33. The summed E-state index contributed by atoms with van der Waals surface area (Å²) in [4.78, 5) is 21.7. The minimum atomic E-state index is -1.13. The molecule has 0 aliphatic heterocycles. The van der Waals surface area contributed by atoms with E-state index in [1.54, 1.807) is 6.07 Å². The molecule has 1 amide bonds. The number of halogens is 1. The fourth-order valence-corrected chi connectivity index (χ4v) is 1.92.